The lowest BCUT2D eigenvalue weighted by atomic mass is 9.73. The van der Waals surface area contributed by atoms with Crippen LogP contribution in [0.5, 0.6) is 0 Å². The topological polar surface area (TPSA) is 17.0 Å². The number of hydrogen-bond acceptors (Lipinski definition) is 1. The van der Waals surface area contributed by atoms with Crippen molar-refractivity contribution >= 4 is 33.1 Å². The van der Waals surface area contributed by atoms with Crippen LogP contribution in [-0.4, -0.2) is 10.6 Å². The molecule has 1 aromatic heterocycles. The third-order valence-electron chi connectivity index (χ3n) is 8.61. The third-order valence-corrected chi connectivity index (χ3v) is 8.61. The lowest BCUT2D eigenvalue weighted by molar-refractivity contribution is 0.581. The van der Waals surface area contributed by atoms with Crippen LogP contribution < -0.4 is 5.32 Å². The number of nitrogens with one attached hydrogen (secondary N) is 1. The molecule has 0 amide bonds. The second kappa shape index (κ2) is 8.34. The first kappa shape index (κ1) is 22.2. The van der Waals surface area contributed by atoms with Crippen molar-refractivity contribution in [1.82, 2.24) is 4.57 Å². The molecule has 1 N–H and O–H groups in total. The number of anilines is 1. The summed E-state index contributed by atoms with van der Waals surface area (Å²) in [5.41, 5.74) is 11.2. The van der Waals surface area contributed by atoms with Crippen LogP contribution in [-0.2, 0) is 5.41 Å². The van der Waals surface area contributed by atoms with Crippen molar-refractivity contribution in [3.63, 3.8) is 0 Å². The molecule has 0 spiro atoms. The molecule has 0 fully saturated rings. The fraction of sp³-hybridized carbons (Fsp3) is 0.0811. The summed E-state index contributed by atoms with van der Waals surface area (Å²) in [7, 11) is 0. The zero-order chi connectivity index (χ0) is 26.0. The van der Waals surface area contributed by atoms with Gasteiger partial charge in [-0.1, -0.05) is 97.1 Å². The van der Waals surface area contributed by atoms with E-state index in [9.17, 15) is 0 Å². The van der Waals surface area contributed by atoms with Crippen molar-refractivity contribution in [2.24, 2.45) is 0 Å². The Balaban J connectivity index is 1.34. The van der Waals surface area contributed by atoms with E-state index in [1.807, 2.05) is 0 Å². The average Bonchev–Trinajstić information content (AvgIpc) is 3.48. The number of benzene rings is 5. The van der Waals surface area contributed by atoms with E-state index in [1.54, 1.807) is 0 Å². The molecule has 1 aliphatic heterocycles. The van der Waals surface area contributed by atoms with Gasteiger partial charge in [-0.3, -0.25) is 0 Å². The zero-order valence-corrected chi connectivity index (χ0v) is 21.8. The minimum atomic E-state index is -0.0752. The molecule has 2 aliphatic rings. The van der Waals surface area contributed by atoms with E-state index in [0.717, 1.165) is 0 Å². The molecule has 0 bridgehead atoms. The van der Waals surface area contributed by atoms with Crippen LogP contribution in [0.3, 0.4) is 0 Å². The van der Waals surface area contributed by atoms with Gasteiger partial charge in [-0.05, 0) is 77.2 Å². The van der Waals surface area contributed by atoms with E-state index < -0.39 is 0 Å². The smallest absolute Gasteiger partial charge is 0.0577 e. The quantitative estimate of drug-likeness (QED) is 0.256. The summed E-state index contributed by atoms with van der Waals surface area (Å²) in [6, 6.07) is 44.2. The SMILES string of the molecule is CC12C=C(c3ccc4c(c3)c3cc(-c5ccccc5)ccc3n4-c3ccccc3)C=CC1Nc1ccccc12. The first-order chi connectivity index (χ1) is 19.2. The largest absolute Gasteiger partial charge is 0.377 e. The van der Waals surface area contributed by atoms with Crippen LogP contribution in [0.2, 0.25) is 0 Å². The molecule has 5 aromatic carbocycles. The molecule has 186 valence electrons. The summed E-state index contributed by atoms with van der Waals surface area (Å²) in [4.78, 5) is 0. The summed E-state index contributed by atoms with van der Waals surface area (Å²) in [5.74, 6) is 0. The molecule has 2 heteroatoms. The molecule has 0 radical (unpaired) electrons. The second-order valence-corrected chi connectivity index (χ2v) is 10.9. The van der Waals surface area contributed by atoms with Gasteiger partial charge >= 0.3 is 0 Å². The van der Waals surface area contributed by atoms with Crippen molar-refractivity contribution in [2.45, 2.75) is 18.4 Å². The van der Waals surface area contributed by atoms with E-state index in [2.05, 4.69) is 156 Å². The summed E-state index contributed by atoms with van der Waals surface area (Å²) < 4.78 is 2.39. The van der Waals surface area contributed by atoms with Crippen molar-refractivity contribution < 1.29 is 0 Å². The van der Waals surface area contributed by atoms with Gasteiger partial charge in [-0.15, -0.1) is 0 Å². The number of rotatable bonds is 3. The predicted molar refractivity (Wildman–Crippen MR) is 165 cm³/mol. The molecular weight excluding hydrogens is 472 g/mol. The fourth-order valence-electron chi connectivity index (χ4n) is 6.60. The summed E-state index contributed by atoms with van der Waals surface area (Å²) in [6.07, 6.45) is 7.09. The first-order valence-corrected chi connectivity index (χ1v) is 13.7. The highest BCUT2D eigenvalue weighted by atomic mass is 15.0. The number of allylic oxidation sites excluding steroid dienone is 2. The normalized spacial score (nSPS) is 19.5. The van der Waals surface area contributed by atoms with Crippen molar-refractivity contribution in [3.8, 4) is 16.8 Å². The van der Waals surface area contributed by atoms with Gasteiger partial charge < -0.3 is 9.88 Å². The molecule has 1 aliphatic carbocycles. The van der Waals surface area contributed by atoms with Gasteiger partial charge in [0.2, 0.25) is 0 Å². The van der Waals surface area contributed by atoms with Crippen molar-refractivity contribution in [2.75, 3.05) is 5.32 Å². The highest BCUT2D eigenvalue weighted by molar-refractivity contribution is 6.11. The highest BCUT2D eigenvalue weighted by Gasteiger charge is 2.41. The van der Waals surface area contributed by atoms with Gasteiger partial charge in [-0.2, -0.15) is 0 Å². The Morgan fingerprint density at radius 2 is 1.28 bits per heavy atom. The number of nitrogens with zero attached hydrogens (tertiary/aromatic N) is 1. The monoisotopic (exact) mass is 500 g/mol. The van der Waals surface area contributed by atoms with Crippen LogP contribution in [0, 0.1) is 0 Å². The van der Waals surface area contributed by atoms with Crippen LogP contribution >= 0.6 is 0 Å². The van der Waals surface area contributed by atoms with Gasteiger partial charge in [0, 0.05) is 27.6 Å². The molecule has 0 saturated carbocycles. The molecule has 2 heterocycles. The Bertz CT molecular complexity index is 1940. The minimum absolute atomic E-state index is 0.0752. The number of para-hydroxylation sites is 2. The van der Waals surface area contributed by atoms with E-state index in [1.165, 1.54) is 61.0 Å². The number of aromatic nitrogens is 1. The lowest BCUT2D eigenvalue weighted by Crippen LogP contribution is -2.34. The van der Waals surface area contributed by atoms with Crippen LogP contribution in [0.4, 0.5) is 5.69 Å². The van der Waals surface area contributed by atoms with E-state index in [4.69, 9.17) is 0 Å². The Morgan fingerprint density at radius 1 is 0.641 bits per heavy atom. The van der Waals surface area contributed by atoms with Gasteiger partial charge in [0.15, 0.2) is 0 Å². The minimum Gasteiger partial charge on any atom is -0.377 e. The number of fused-ring (bicyclic) bond motifs is 6. The average molecular weight is 501 g/mol. The summed E-state index contributed by atoms with van der Waals surface area (Å²) in [5, 5.41) is 6.26. The van der Waals surface area contributed by atoms with E-state index in [-0.39, 0.29) is 11.5 Å². The fourth-order valence-corrected chi connectivity index (χ4v) is 6.60. The van der Waals surface area contributed by atoms with Crippen LogP contribution in [0.15, 0.2) is 140 Å². The van der Waals surface area contributed by atoms with Crippen LogP contribution in [0.1, 0.15) is 18.1 Å². The lowest BCUT2D eigenvalue weighted by Gasteiger charge is -2.31. The zero-order valence-electron chi connectivity index (χ0n) is 21.8. The maximum atomic E-state index is 3.71. The molecule has 6 aromatic rings. The predicted octanol–water partition coefficient (Wildman–Crippen LogP) is 9.16. The third kappa shape index (κ3) is 3.35. The van der Waals surface area contributed by atoms with E-state index >= 15 is 0 Å². The van der Waals surface area contributed by atoms with Gasteiger partial charge in [-0.25, -0.2) is 0 Å². The van der Waals surface area contributed by atoms with Crippen molar-refractivity contribution in [1.29, 1.82) is 0 Å². The van der Waals surface area contributed by atoms with Crippen LogP contribution in [0.25, 0.3) is 44.2 Å². The van der Waals surface area contributed by atoms with E-state index in [0.29, 0.717) is 0 Å². The molecule has 39 heavy (non-hydrogen) atoms. The molecule has 2 nitrogen and oxygen atoms in total. The maximum Gasteiger partial charge on any atom is 0.0577 e. The Labute approximate surface area is 228 Å². The molecule has 0 saturated heterocycles. The molecule has 2 unspecified atom stereocenters. The number of hydrogen-bond donors (Lipinski definition) is 1. The highest BCUT2D eigenvalue weighted by Crippen LogP contribution is 2.46. The Morgan fingerprint density at radius 3 is 2.05 bits per heavy atom. The maximum absolute atomic E-state index is 3.71. The first-order valence-electron chi connectivity index (χ1n) is 13.7. The molecule has 2 atom stereocenters. The molecule has 8 rings (SSSR count). The van der Waals surface area contributed by atoms with Gasteiger partial charge in [0.05, 0.1) is 17.1 Å². The van der Waals surface area contributed by atoms with Gasteiger partial charge in [0.1, 0.15) is 0 Å². The Kier molecular flexibility index (Phi) is 4.75. The van der Waals surface area contributed by atoms with Gasteiger partial charge in [0.25, 0.3) is 0 Å². The summed E-state index contributed by atoms with van der Waals surface area (Å²) >= 11 is 0. The molecular formula is C37H28N2. The standard InChI is InChI=1S/C37H28N2/c1-37-24-28(18-21-36(37)38-33-15-9-8-14-32(33)37)27-17-20-35-31(23-27)30-22-26(25-10-4-2-5-11-25)16-19-34(30)39(35)29-12-6-3-7-13-29/h2-24,36,38H,1H3. The van der Waals surface area contributed by atoms with Crippen molar-refractivity contribution in [3.05, 3.63) is 151 Å². The second-order valence-electron chi connectivity index (χ2n) is 10.9. The summed E-state index contributed by atoms with van der Waals surface area (Å²) in [6.45, 7) is 2.35. The Hall–Kier alpha value is -4.82.